The number of benzene rings is 2. The molecule has 0 heterocycles. The molecule has 2 aromatic carbocycles. The molecule has 0 fully saturated rings. The highest BCUT2D eigenvalue weighted by atomic mass is 32.3. The quantitative estimate of drug-likeness (QED) is 0.331. The van der Waals surface area contributed by atoms with Crippen LogP contribution in [0.5, 0.6) is 0 Å². The second kappa shape index (κ2) is 9.06. The zero-order valence-electron chi connectivity index (χ0n) is 16.0. The topological polar surface area (TPSA) is 88.2 Å². The molecule has 2 rings (SSSR count). The first kappa shape index (κ1) is 21.7. The number of nitrogens with one attached hydrogen (secondary N) is 2. The standard InChI is InChI=1S/C21H28N2O2S2/c1-21(2,3)27(24,25)15-17-11-9-16(10-12-17)13-14-19(22)26-20(23)18-7-5-4-6-8-18/h4-12,22-25H,13-15H2,1-3H3. The molecule has 2 aromatic rings. The molecule has 0 amide bonds. The van der Waals surface area contributed by atoms with Gasteiger partial charge in [0.1, 0.15) is 5.04 Å². The van der Waals surface area contributed by atoms with E-state index >= 15 is 0 Å². The molecule has 146 valence electrons. The van der Waals surface area contributed by atoms with Crippen LogP contribution in [0.15, 0.2) is 54.6 Å². The Hall–Kier alpha value is -1.60. The van der Waals surface area contributed by atoms with Crippen molar-refractivity contribution in [1.82, 2.24) is 0 Å². The molecule has 0 spiro atoms. The first-order valence-corrected chi connectivity index (χ1v) is 11.3. The summed E-state index contributed by atoms with van der Waals surface area (Å²) in [6.07, 6.45) is 1.31. The Balaban J connectivity index is 1.86. The van der Waals surface area contributed by atoms with E-state index in [1.165, 1.54) is 11.8 Å². The second-order valence-corrected chi connectivity index (χ2v) is 11.4. The van der Waals surface area contributed by atoms with E-state index in [9.17, 15) is 9.11 Å². The molecule has 4 nitrogen and oxygen atoms in total. The van der Waals surface area contributed by atoms with Crippen molar-refractivity contribution in [2.45, 2.75) is 44.1 Å². The maximum atomic E-state index is 10.3. The van der Waals surface area contributed by atoms with Gasteiger partial charge in [-0.15, -0.1) is 0 Å². The van der Waals surface area contributed by atoms with Gasteiger partial charge >= 0.3 is 0 Å². The third-order valence-electron chi connectivity index (χ3n) is 4.27. The van der Waals surface area contributed by atoms with Crippen LogP contribution in [0.2, 0.25) is 0 Å². The molecule has 0 saturated heterocycles. The van der Waals surface area contributed by atoms with Crippen molar-refractivity contribution in [2.75, 3.05) is 0 Å². The molecular weight excluding hydrogens is 376 g/mol. The summed E-state index contributed by atoms with van der Waals surface area (Å²) in [6.45, 7) is 5.52. The number of rotatable bonds is 6. The van der Waals surface area contributed by atoms with Gasteiger partial charge in [-0.2, -0.15) is 10.6 Å². The van der Waals surface area contributed by atoms with Crippen molar-refractivity contribution < 1.29 is 9.11 Å². The van der Waals surface area contributed by atoms with Crippen molar-refractivity contribution in [3.05, 3.63) is 71.3 Å². The van der Waals surface area contributed by atoms with Crippen LogP contribution in [0.3, 0.4) is 0 Å². The summed E-state index contributed by atoms with van der Waals surface area (Å²) in [4.78, 5) is 0. The maximum Gasteiger partial charge on any atom is 0.100 e. The van der Waals surface area contributed by atoms with E-state index < -0.39 is 15.3 Å². The van der Waals surface area contributed by atoms with E-state index in [-0.39, 0.29) is 5.75 Å². The van der Waals surface area contributed by atoms with Crippen molar-refractivity contribution in [2.24, 2.45) is 0 Å². The number of aryl methyl sites for hydroxylation is 1. The SMILES string of the molecule is CC(C)(C)S(O)(O)Cc1ccc(CCC(=N)SC(=N)c2ccccc2)cc1. The van der Waals surface area contributed by atoms with E-state index in [1.807, 2.05) is 75.4 Å². The third kappa shape index (κ3) is 6.50. The average molecular weight is 405 g/mol. The lowest BCUT2D eigenvalue weighted by atomic mass is 10.1. The predicted molar refractivity (Wildman–Crippen MR) is 120 cm³/mol. The predicted octanol–water partition coefficient (Wildman–Crippen LogP) is 6.40. The molecule has 0 aliphatic rings. The molecule has 4 N–H and O–H groups in total. The van der Waals surface area contributed by atoms with Gasteiger partial charge in [-0.05, 0) is 44.7 Å². The Morgan fingerprint density at radius 1 is 0.926 bits per heavy atom. The summed E-state index contributed by atoms with van der Waals surface area (Å²) in [5.41, 5.74) is 2.83. The lowest BCUT2D eigenvalue weighted by Crippen LogP contribution is -2.25. The number of thioether (sulfide) groups is 1. The molecule has 0 aliphatic carbocycles. The van der Waals surface area contributed by atoms with Gasteiger partial charge in [-0.1, -0.05) is 66.4 Å². The van der Waals surface area contributed by atoms with Crippen LogP contribution >= 0.6 is 22.4 Å². The Labute approximate surface area is 167 Å². The smallest absolute Gasteiger partial charge is 0.100 e. The number of hydrogen-bond acceptors (Lipinski definition) is 5. The third-order valence-corrected chi connectivity index (χ3v) is 7.86. The van der Waals surface area contributed by atoms with Crippen molar-refractivity contribution in [1.29, 1.82) is 10.8 Å². The van der Waals surface area contributed by atoms with E-state index in [0.717, 1.165) is 23.1 Å². The first-order valence-electron chi connectivity index (χ1n) is 8.81. The minimum Gasteiger partial charge on any atom is -0.299 e. The molecule has 0 aromatic heterocycles. The maximum absolute atomic E-state index is 10.3. The molecule has 0 aliphatic heterocycles. The minimum absolute atomic E-state index is 0.261. The van der Waals surface area contributed by atoms with Crippen LogP contribution in [0, 0.1) is 10.8 Å². The Bertz CT molecular complexity index is 782. The highest BCUT2D eigenvalue weighted by Gasteiger charge is 2.29. The fourth-order valence-electron chi connectivity index (χ4n) is 2.33. The van der Waals surface area contributed by atoms with E-state index in [2.05, 4.69) is 0 Å². The lowest BCUT2D eigenvalue weighted by Gasteiger charge is -2.44. The average Bonchev–Trinajstić information content (AvgIpc) is 2.60. The van der Waals surface area contributed by atoms with Gasteiger partial charge in [0, 0.05) is 5.56 Å². The van der Waals surface area contributed by atoms with E-state index in [4.69, 9.17) is 10.8 Å². The van der Waals surface area contributed by atoms with Crippen molar-refractivity contribution in [3.63, 3.8) is 0 Å². The van der Waals surface area contributed by atoms with Gasteiger partial charge in [0.2, 0.25) is 0 Å². The van der Waals surface area contributed by atoms with Gasteiger partial charge in [0.15, 0.2) is 0 Å². The first-order chi connectivity index (χ1) is 12.6. The zero-order valence-corrected chi connectivity index (χ0v) is 17.7. The van der Waals surface area contributed by atoms with Crippen LogP contribution in [0.25, 0.3) is 0 Å². The summed E-state index contributed by atoms with van der Waals surface area (Å²) >= 11 is 1.19. The van der Waals surface area contributed by atoms with Crippen molar-refractivity contribution >= 4 is 32.4 Å². The summed E-state index contributed by atoms with van der Waals surface area (Å²) in [5, 5.41) is 17.0. The van der Waals surface area contributed by atoms with Crippen molar-refractivity contribution in [3.8, 4) is 0 Å². The molecule has 0 saturated carbocycles. The van der Waals surface area contributed by atoms with Crippen LogP contribution in [0.1, 0.15) is 43.9 Å². The second-order valence-electron chi connectivity index (χ2n) is 7.46. The highest BCUT2D eigenvalue weighted by Crippen LogP contribution is 2.54. The molecule has 6 heteroatoms. The molecule has 0 unspecified atom stereocenters. The molecular formula is C21H28N2O2S2. The summed E-state index contributed by atoms with van der Waals surface area (Å²) in [5.74, 6) is 0.261. The van der Waals surface area contributed by atoms with Crippen LogP contribution < -0.4 is 0 Å². The summed E-state index contributed by atoms with van der Waals surface area (Å²) in [6, 6.07) is 17.3. The van der Waals surface area contributed by atoms with Gasteiger partial charge in [-0.25, -0.2) is 0 Å². The highest BCUT2D eigenvalue weighted by molar-refractivity contribution is 8.26. The van der Waals surface area contributed by atoms with Gasteiger partial charge in [-0.3, -0.25) is 19.9 Å². The zero-order chi connectivity index (χ0) is 20.1. The number of hydrogen-bond donors (Lipinski definition) is 4. The molecule has 0 atom stereocenters. The van der Waals surface area contributed by atoms with Crippen LogP contribution in [0.4, 0.5) is 0 Å². The normalized spacial score (nSPS) is 12.6. The molecule has 0 bridgehead atoms. The van der Waals surface area contributed by atoms with Crippen LogP contribution in [-0.2, 0) is 12.2 Å². The molecule has 27 heavy (non-hydrogen) atoms. The largest absolute Gasteiger partial charge is 0.299 e. The van der Waals surface area contributed by atoms with E-state index in [1.54, 1.807) is 0 Å². The van der Waals surface area contributed by atoms with Gasteiger partial charge < -0.3 is 0 Å². The molecule has 0 radical (unpaired) electrons. The fraction of sp³-hybridized carbons (Fsp3) is 0.333. The lowest BCUT2D eigenvalue weighted by molar-refractivity contribution is 0.449. The van der Waals surface area contributed by atoms with Gasteiger partial charge in [0.05, 0.1) is 15.5 Å². The Morgan fingerprint density at radius 2 is 1.48 bits per heavy atom. The Kier molecular flexibility index (Phi) is 7.28. The summed E-state index contributed by atoms with van der Waals surface area (Å²) in [7, 11) is -2.69. The monoisotopic (exact) mass is 404 g/mol. The van der Waals surface area contributed by atoms with Gasteiger partial charge in [0.25, 0.3) is 0 Å². The summed E-state index contributed by atoms with van der Waals surface area (Å²) < 4.78 is 20.1. The fourth-order valence-corrected chi connectivity index (χ4v) is 4.13. The minimum atomic E-state index is -2.69. The Morgan fingerprint density at radius 3 is 2.04 bits per heavy atom. The van der Waals surface area contributed by atoms with E-state index in [0.29, 0.717) is 16.5 Å². The van der Waals surface area contributed by atoms with Crippen LogP contribution in [-0.4, -0.2) is 23.9 Å².